The first-order valence-electron chi connectivity index (χ1n) is 7.44. The number of hydrogen-bond donors (Lipinski definition) is 2. The molecule has 1 aromatic heterocycles. The van der Waals surface area contributed by atoms with Crippen molar-refractivity contribution in [1.29, 1.82) is 0 Å². The normalized spacial score (nSPS) is 11.2. The summed E-state index contributed by atoms with van der Waals surface area (Å²) in [6.07, 6.45) is -1.69. The number of benzene rings is 2. The fraction of sp³-hybridized carbons (Fsp3) is 0. The van der Waals surface area contributed by atoms with Crippen molar-refractivity contribution in [3.63, 3.8) is 0 Å². The number of nitrogens with one attached hydrogen (secondary N) is 1. The molecule has 6 nitrogen and oxygen atoms in total. The van der Waals surface area contributed by atoms with E-state index in [1.54, 1.807) is 0 Å². The number of anilines is 1. The van der Waals surface area contributed by atoms with Crippen LogP contribution in [0, 0.1) is 17.5 Å². The van der Waals surface area contributed by atoms with Crippen LogP contribution in [0.1, 0.15) is 0 Å². The molecule has 0 aliphatic carbocycles. The summed E-state index contributed by atoms with van der Waals surface area (Å²) in [5, 5.41) is 8.53. The van der Waals surface area contributed by atoms with Gasteiger partial charge in [0.05, 0.1) is 0 Å². The molecule has 2 N–H and O–H groups in total. The molecule has 0 aliphatic heterocycles. The summed E-state index contributed by atoms with van der Waals surface area (Å²) in [4.78, 5) is 10.4. The summed E-state index contributed by atoms with van der Waals surface area (Å²) in [6.45, 7) is 0. The smallest absolute Gasteiger partial charge is 0.449 e. The third-order valence-electron chi connectivity index (χ3n) is 3.43. The Hall–Kier alpha value is -3.05. The number of carboxylic acid groups (broad SMARTS) is 1. The summed E-state index contributed by atoms with van der Waals surface area (Å²) in [7, 11) is -4.51. The molecule has 0 bridgehead atoms. The number of rotatable bonds is 5. The van der Waals surface area contributed by atoms with E-state index in [0.29, 0.717) is 16.5 Å². The largest absolute Gasteiger partial charge is 0.512 e. The first kappa shape index (κ1) is 19.7. The predicted molar refractivity (Wildman–Crippen MR) is 95.5 cm³/mol. The number of thiophene rings is 1. The van der Waals surface area contributed by atoms with Gasteiger partial charge in [-0.1, -0.05) is 23.5 Å². The lowest BCUT2D eigenvalue weighted by Gasteiger charge is -2.08. The lowest BCUT2D eigenvalue weighted by Crippen LogP contribution is -2.15. The molecule has 3 rings (SSSR count). The molecule has 0 saturated heterocycles. The Morgan fingerprint density at radius 1 is 1.00 bits per heavy atom. The molecular weight excluding hydrogens is 419 g/mol. The fourth-order valence-electron chi connectivity index (χ4n) is 2.25. The molecule has 0 atom stereocenters. The van der Waals surface area contributed by atoms with Gasteiger partial charge in [0.2, 0.25) is 5.06 Å². The SMILES string of the molecule is O=C(O)Oc1sc(-c2ccc(F)cc2)cc1NS(=O)(=O)c1ccc(F)cc1F. The van der Waals surface area contributed by atoms with Gasteiger partial charge in [-0.2, -0.15) is 0 Å². The van der Waals surface area contributed by atoms with E-state index in [4.69, 9.17) is 5.11 Å². The van der Waals surface area contributed by atoms with Crippen molar-refractivity contribution in [2.45, 2.75) is 4.90 Å². The zero-order chi connectivity index (χ0) is 20.5. The van der Waals surface area contributed by atoms with Crippen molar-refractivity contribution in [2.24, 2.45) is 0 Å². The van der Waals surface area contributed by atoms with Crippen LogP contribution in [0.3, 0.4) is 0 Å². The van der Waals surface area contributed by atoms with Crippen LogP contribution in [0.5, 0.6) is 5.06 Å². The maximum atomic E-state index is 13.9. The van der Waals surface area contributed by atoms with Crippen LogP contribution in [0.2, 0.25) is 0 Å². The Balaban J connectivity index is 2.02. The highest BCUT2D eigenvalue weighted by molar-refractivity contribution is 7.92. The second-order valence-electron chi connectivity index (χ2n) is 5.37. The molecule has 11 heteroatoms. The Morgan fingerprint density at radius 3 is 2.25 bits per heavy atom. The van der Waals surface area contributed by atoms with E-state index in [0.717, 1.165) is 23.5 Å². The number of sulfonamides is 1. The summed E-state index contributed by atoms with van der Waals surface area (Å²) < 4.78 is 71.4. The Morgan fingerprint density at radius 2 is 1.64 bits per heavy atom. The van der Waals surface area contributed by atoms with Gasteiger partial charge in [0.1, 0.15) is 28.0 Å². The average molecular weight is 429 g/mol. The van der Waals surface area contributed by atoms with Gasteiger partial charge in [-0.15, -0.1) is 0 Å². The van der Waals surface area contributed by atoms with E-state index >= 15 is 0 Å². The molecule has 2 aromatic carbocycles. The molecule has 28 heavy (non-hydrogen) atoms. The van der Waals surface area contributed by atoms with E-state index in [1.165, 1.54) is 30.3 Å². The highest BCUT2D eigenvalue weighted by Crippen LogP contribution is 2.42. The van der Waals surface area contributed by atoms with Gasteiger partial charge in [0.15, 0.2) is 0 Å². The third kappa shape index (κ3) is 4.26. The minimum Gasteiger partial charge on any atom is -0.449 e. The molecule has 146 valence electrons. The van der Waals surface area contributed by atoms with Crippen LogP contribution in [0.25, 0.3) is 10.4 Å². The number of hydrogen-bond acceptors (Lipinski definition) is 5. The van der Waals surface area contributed by atoms with Crippen molar-refractivity contribution in [1.82, 2.24) is 0 Å². The van der Waals surface area contributed by atoms with E-state index in [1.807, 2.05) is 4.72 Å². The first-order chi connectivity index (χ1) is 13.2. The minimum absolute atomic E-state index is 0.268. The van der Waals surface area contributed by atoms with Crippen LogP contribution >= 0.6 is 11.3 Å². The quantitative estimate of drug-likeness (QED) is 0.574. The molecule has 1 heterocycles. The standard InChI is InChI=1S/C17H10F3NO5S2/c18-10-3-1-9(2-4-10)14-8-13(16(27-14)26-17(22)23)21-28(24,25)15-6-5-11(19)7-12(15)20/h1-8,21H,(H,22,23). The molecular formula is C17H10F3NO5S2. The molecule has 0 aliphatic rings. The van der Waals surface area contributed by atoms with Gasteiger partial charge < -0.3 is 9.84 Å². The fourth-order valence-corrected chi connectivity index (χ4v) is 4.39. The van der Waals surface area contributed by atoms with Crippen LogP contribution < -0.4 is 9.46 Å². The van der Waals surface area contributed by atoms with E-state index < -0.39 is 38.5 Å². The van der Waals surface area contributed by atoms with Gasteiger partial charge in [0.25, 0.3) is 10.0 Å². The number of carbonyl (C=O) groups is 1. The monoisotopic (exact) mass is 429 g/mol. The third-order valence-corrected chi connectivity index (χ3v) is 5.90. The van der Waals surface area contributed by atoms with Gasteiger partial charge >= 0.3 is 6.16 Å². The van der Waals surface area contributed by atoms with Crippen LogP contribution in [0.4, 0.5) is 23.7 Å². The van der Waals surface area contributed by atoms with Gasteiger partial charge in [-0.05, 0) is 35.9 Å². The second-order valence-corrected chi connectivity index (χ2v) is 8.03. The van der Waals surface area contributed by atoms with Crippen molar-refractivity contribution in [3.05, 3.63) is 66.0 Å². The molecule has 0 radical (unpaired) electrons. The highest BCUT2D eigenvalue weighted by Gasteiger charge is 2.24. The average Bonchev–Trinajstić information content (AvgIpc) is 2.96. The lowest BCUT2D eigenvalue weighted by molar-refractivity contribution is 0.146. The molecule has 0 fully saturated rings. The summed E-state index contributed by atoms with van der Waals surface area (Å²) in [5.41, 5.74) is 0.204. The maximum absolute atomic E-state index is 13.9. The van der Waals surface area contributed by atoms with Crippen LogP contribution in [-0.2, 0) is 10.0 Å². The summed E-state index contributed by atoms with van der Waals surface area (Å²) >= 11 is 0.783. The van der Waals surface area contributed by atoms with Crippen LogP contribution in [-0.4, -0.2) is 19.7 Å². The van der Waals surface area contributed by atoms with Gasteiger partial charge in [-0.3, -0.25) is 4.72 Å². The minimum atomic E-state index is -4.51. The Kier molecular flexibility index (Phi) is 5.29. The first-order valence-corrected chi connectivity index (χ1v) is 9.74. The van der Waals surface area contributed by atoms with Crippen molar-refractivity contribution >= 4 is 33.2 Å². The van der Waals surface area contributed by atoms with Crippen molar-refractivity contribution in [2.75, 3.05) is 4.72 Å². The van der Waals surface area contributed by atoms with Gasteiger partial charge in [-0.25, -0.2) is 26.4 Å². The number of halogens is 3. The van der Waals surface area contributed by atoms with Crippen molar-refractivity contribution in [3.8, 4) is 15.5 Å². The zero-order valence-electron chi connectivity index (χ0n) is 13.6. The topological polar surface area (TPSA) is 92.7 Å². The Bertz CT molecular complexity index is 1140. The van der Waals surface area contributed by atoms with Crippen molar-refractivity contribution < 1.29 is 36.2 Å². The van der Waals surface area contributed by atoms with E-state index in [2.05, 4.69) is 4.74 Å². The van der Waals surface area contributed by atoms with Gasteiger partial charge in [0, 0.05) is 10.9 Å². The van der Waals surface area contributed by atoms with Crippen LogP contribution in [0.15, 0.2) is 53.4 Å². The molecule has 0 saturated carbocycles. The summed E-state index contributed by atoms with van der Waals surface area (Å²) in [5.74, 6) is -2.77. The Labute approximate surface area is 160 Å². The summed E-state index contributed by atoms with van der Waals surface area (Å²) in [6, 6.07) is 8.32. The van der Waals surface area contributed by atoms with E-state index in [-0.39, 0.29) is 10.8 Å². The van der Waals surface area contributed by atoms with E-state index in [9.17, 15) is 26.4 Å². The lowest BCUT2D eigenvalue weighted by atomic mass is 10.2. The molecule has 3 aromatic rings. The second kappa shape index (κ2) is 7.52. The molecule has 0 unspecified atom stereocenters. The highest BCUT2D eigenvalue weighted by atomic mass is 32.2. The predicted octanol–water partition coefficient (Wildman–Crippen LogP) is 4.69. The number of ether oxygens (including phenoxy) is 1. The molecule has 0 spiro atoms. The molecule has 0 amide bonds. The maximum Gasteiger partial charge on any atom is 0.512 e. The zero-order valence-corrected chi connectivity index (χ0v) is 15.3.